The predicted octanol–water partition coefficient (Wildman–Crippen LogP) is 8.43. The number of nitrogens with zero attached hydrogens (tertiary/aromatic N) is 1. The zero-order valence-electron chi connectivity index (χ0n) is 18.4. The van der Waals surface area contributed by atoms with Crippen molar-refractivity contribution in [3.05, 3.63) is 121 Å². The van der Waals surface area contributed by atoms with Crippen LogP contribution in [0.15, 0.2) is 114 Å². The molecular weight excluding hydrogens is 366 g/mol. The van der Waals surface area contributed by atoms with Crippen LogP contribution in [0.25, 0.3) is 17.0 Å². The molecule has 30 heavy (non-hydrogen) atoms. The van der Waals surface area contributed by atoms with Gasteiger partial charge in [0.25, 0.3) is 0 Å². The number of anilines is 1. The zero-order valence-corrected chi connectivity index (χ0v) is 18.4. The van der Waals surface area contributed by atoms with E-state index in [1.165, 1.54) is 0 Å². The zero-order chi connectivity index (χ0) is 21.9. The van der Waals surface area contributed by atoms with Crippen LogP contribution in [-0.4, -0.2) is 0 Å². The molecule has 0 N–H and O–H groups in total. The molecule has 0 saturated heterocycles. The fourth-order valence-electron chi connectivity index (χ4n) is 3.32. The van der Waals surface area contributed by atoms with Crippen molar-refractivity contribution in [2.45, 2.75) is 27.7 Å². The number of benzene rings is 1. The first kappa shape index (κ1) is 22.8. The van der Waals surface area contributed by atoms with Crippen molar-refractivity contribution in [3.8, 4) is 0 Å². The van der Waals surface area contributed by atoms with E-state index < -0.39 is 0 Å². The summed E-state index contributed by atoms with van der Waals surface area (Å²) in [7, 11) is 0. The van der Waals surface area contributed by atoms with Gasteiger partial charge in [-0.15, -0.1) is 0 Å². The highest BCUT2D eigenvalue weighted by Crippen LogP contribution is 2.38. The average molecular weight is 398 g/mol. The molecule has 0 atom stereocenters. The molecule has 0 bridgehead atoms. The minimum absolute atomic E-state index is 0.850. The fourth-order valence-corrected chi connectivity index (χ4v) is 3.32. The van der Waals surface area contributed by atoms with Crippen LogP contribution in [0.3, 0.4) is 0 Å². The van der Waals surface area contributed by atoms with Gasteiger partial charge in [0, 0.05) is 17.0 Å². The summed E-state index contributed by atoms with van der Waals surface area (Å²) in [6, 6.07) is 6.15. The smallest absolute Gasteiger partial charge is 0.137 e. The summed E-state index contributed by atoms with van der Waals surface area (Å²) in [5, 5.41) is 1.06. The molecular formula is C28H31NO. The molecule has 0 saturated carbocycles. The quantitative estimate of drug-likeness (QED) is 0.395. The van der Waals surface area contributed by atoms with Crippen molar-refractivity contribution in [1.82, 2.24) is 0 Å². The molecule has 0 aliphatic rings. The molecule has 1 heterocycles. The van der Waals surface area contributed by atoms with E-state index in [9.17, 15) is 0 Å². The Labute approximate surface area is 180 Å². The maximum absolute atomic E-state index is 6.09. The summed E-state index contributed by atoms with van der Waals surface area (Å²) in [5.74, 6) is 0.876. The van der Waals surface area contributed by atoms with E-state index in [0.717, 1.165) is 39.4 Å². The van der Waals surface area contributed by atoms with Gasteiger partial charge < -0.3 is 9.32 Å². The van der Waals surface area contributed by atoms with Gasteiger partial charge in [-0.3, -0.25) is 0 Å². The lowest BCUT2D eigenvalue weighted by molar-refractivity contribution is 0.577. The molecule has 2 nitrogen and oxygen atoms in total. The van der Waals surface area contributed by atoms with E-state index in [2.05, 4.69) is 42.4 Å². The van der Waals surface area contributed by atoms with Gasteiger partial charge in [-0.1, -0.05) is 67.8 Å². The van der Waals surface area contributed by atoms with Crippen LogP contribution in [-0.2, 0) is 0 Å². The van der Waals surface area contributed by atoms with Crippen molar-refractivity contribution in [3.63, 3.8) is 0 Å². The van der Waals surface area contributed by atoms with Crippen LogP contribution in [0.2, 0.25) is 0 Å². The van der Waals surface area contributed by atoms with E-state index >= 15 is 0 Å². The highest BCUT2D eigenvalue weighted by atomic mass is 16.3. The summed E-state index contributed by atoms with van der Waals surface area (Å²) in [6.45, 7) is 15.8. The SMILES string of the molecule is C=C/C=C\c1c(C)oc2cccc(N(C(/C=C\C)=C/C=C)C(/C=C\C)=C/C=C\C)c12. The van der Waals surface area contributed by atoms with Gasteiger partial charge in [0.1, 0.15) is 11.3 Å². The van der Waals surface area contributed by atoms with E-state index in [4.69, 9.17) is 4.42 Å². The van der Waals surface area contributed by atoms with Crippen molar-refractivity contribution >= 4 is 22.7 Å². The van der Waals surface area contributed by atoms with E-state index in [1.54, 1.807) is 6.08 Å². The largest absolute Gasteiger partial charge is 0.461 e. The second kappa shape index (κ2) is 11.5. The lowest BCUT2D eigenvalue weighted by Gasteiger charge is -2.28. The third-order valence-electron chi connectivity index (χ3n) is 4.50. The number of hydrogen-bond acceptors (Lipinski definition) is 2. The van der Waals surface area contributed by atoms with E-state index in [-0.39, 0.29) is 0 Å². The Morgan fingerprint density at radius 2 is 1.60 bits per heavy atom. The monoisotopic (exact) mass is 397 g/mol. The third-order valence-corrected chi connectivity index (χ3v) is 4.50. The van der Waals surface area contributed by atoms with Crippen molar-refractivity contribution < 1.29 is 4.42 Å². The highest BCUT2D eigenvalue weighted by molar-refractivity contribution is 6.00. The Morgan fingerprint density at radius 1 is 0.900 bits per heavy atom. The summed E-state index contributed by atoms with van der Waals surface area (Å²) in [6.07, 6.45) is 24.0. The summed E-state index contributed by atoms with van der Waals surface area (Å²) in [4.78, 5) is 2.23. The number of aryl methyl sites for hydroxylation is 1. The molecule has 2 aromatic rings. The summed E-state index contributed by atoms with van der Waals surface area (Å²) in [5.41, 5.74) is 4.98. The Balaban J connectivity index is 2.96. The van der Waals surface area contributed by atoms with Gasteiger partial charge in [0.05, 0.1) is 11.1 Å². The first-order valence-electron chi connectivity index (χ1n) is 10.1. The van der Waals surface area contributed by atoms with Crippen LogP contribution in [0.5, 0.6) is 0 Å². The number of furan rings is 1. The molecule has 2 rings (SSSR count). The second-order valence-electron chi connectivity index (χ2n) is 6.60. The standard InChI is InChI=1S/C28H31NO/c1-7-12-18-24(17-11-5)29(23(15-9-3)16-10-4)26-20-14-21-27-28(26)25(19-13-8-2)22(6)30-27/h7-21H,2-3H2,1,4-6H3/b12-7-,16-10-,17-11-,19-13-,23-15+,24-18+. The Kier molecular flexibility index (Phi) is 8.71. The molecule has 0 unspecified atom stereocenters. The topological polar surface area (TPSA) is 16.4 Å². The van der Waals surface area contributed by atoms with Crippen LogP contribution >= 0.6 is 0 Å². The minimum Gasteiger partial charge on any atom is -0.461 e. The highest BCUT2D eigenvalue weighted by Gasteiger charge is 2.20. The van der Waals surface area contributed by atoms with E-state index in [1.807, 2.05) is 88.4 Å². The lowest BCUT2D eigenvalue weighted by Crippen LogP contribution is -2.20. The Bertz CT molecular complexity index is 1070. The maximum Gasteiger partial charge on any atom is 0.137 e. The average Bonchev–Trinajstić information content (AvgIpc) is 3.06. The maximum atomic E-state index is 6.09. The van der Waals surface area contributed by atoms with Crippen LogP contribution < -0.4 is 4.90 Å². The molecule has 0 aliphatic carbocycles. The van der Waals surface area contributed by atoms with Gasteiger partial charge in [0.15, 0.2) is 0 Å². The lowest BCUT2D eigenvalue weighted by atomic mass is 10.1. The van der Waals surface area contributed by atoms with Gasteiger partial charge >= 0.3 is 0 Å². The van der Waals surface area contributed by atoms with Gasteiger partial charge in [-0.05, 0) is 64.1 Å². The molecule has 0 amide bonds. The van der Waals surface area contributed by atoms with Gasteiger partial charge in [-0.25, -0.2) is 0 Å². The number of hydrogen-bond donors (Lipinski definition) is 0. The normalized spacial score (nSPS) is 13.5. The Hall–Kier alpha value is -3.52. The molecule has 0 fully saturated rings. The fraction of sp³-hybridized carbons (Fsp3) is 0.143. The molecule has 1 aromatic heterocycles. The molecule has 0 aliphatic heterocycles. The second-order valence-corrected chi connectivity index (χ2v) is 6.60. The number of rotatable bonds is 9. The Morgan fingerprint density at radius 3 is 2.20 bits per heavy atom. The number of allylic oxidation sites excluding steroid dienone is 11. The first-order chi connectivity index (χ1) is 14.6. The third kappa shape index (κ3) is 5.09. The van der Waals surface area contributed by atoms with Crippen molar-refractivity contribution in [2.24, 2.45) is 0 Å². The molecule has 0 spiro atoms. The van der Waals surface area contributed by atoms with Crippen LogP contribution in [0.1, 0.15) is 32.1 Å². The van der Waals surface area contributed by atoms with Gasteiger partial charge in [0.2, 0.25) is 0 Å². The van der Waals surface area contributed by atoms with Crippen molar-refractivity contribution in [1.29, 1.82) is 0 Å². The van der Waals surface area contributed by atoms with E-state index in [0.29, 0.717) is 0 Å². The molecule has 154 valence electrons. The first-order valence-corrected chi connectivity index (χ1v) is 10.1. The number of fused-ring (bicyclic) bond motifs is 1. The summed E-state index contributed by atoms with van der Waals surface area (Å²) >= 11 is 0. The van der Waals surface area contributed by atoms with Crippen LogP contribution in [0, 0.1) is 6.92 Å². The summed E-state index contributed by atoms with van der Waals surface area (Å²) < 4.78 is 6.09. The molecule has 0 radical (unpaired) electrons. The predicted molar refractivity (Wildman–Crippen MR) is 133 cm³/mol. The van der Waals surface area contributed by atoms with Gasteiger partial charge in [-0.2, -0.15) is 0 Å². The van der Waals surface area contributed by atoms with Crippen LogP contribution in [0.4, 0.5) is 5.69 Å². The molecule has 2 heteroatoms. The minimum atomic E-state index is 0.850. The molecule has 1 aromatic carbocycles. The van der Waals surface area contributed by atoms with Crippen molar-refractivity contribution in [2.75, 3.05) is 4.90 Å².